The third kappa shape index (κ3) is 4.51. The minimum absolute atomic E-state index is 0.0166. The fourth-order valence-corrected chi connectivity index (χ4v) is 3.01. The van der Waals surface area contributed by atoms with Gasteiger partial charge in [-0.25, -0.2) is 4.39 Å². The summed E-state index contributed by atoms with van der Waals surface area (Å²) in [5.74, 6) is -0.329. The van der Waals surface area contributed by atoms with Crippen LogP contribution in [0.1, 0.15) is 31.4 Å². The maximum Gasteiger partial charge on any atom is 0.244 e. The van der Waals surface area contributed by atoms with Crippen molar-refractivity contribution in [1.29, 1.82) is 0 Å². The Hall–Kier alpha value is -1.95. The number of hydrogen-bond acceptors (Lipinski definition) is 3. The van der Waals surface area contributed by atoms with E-state index in [0.717, 1.165) is 18.4 Å². The number of likely N-dealkylation sites (N-methyl/N-ethyl adjacent to an activating group) is 1. The number of carbonyl (C=O) groups is 2. The zero-order valence-corrected chi connectivity index (χ0v) is 13.9. The van der Waals surface area contributed by atoms with Crippen LogP contribution in [0.3, 0.4) is 0 Å². The summed E-state index contributed by atoms with van der Waals surface area (Å²) in [5, 5.41) is 2.90. The zero-order chi connectivity index (χ0) is 17.0. The lowest BCUT2D eigenvalue weighted by molar-refractivity contribution is -0.137. The summed E-state index contributed by atoms with van der Waals surface area (Å²) in [7, 11) is 3.69. The topological polar surface area (TPSA) is 52.7 Å². The van der Waals surface area contributed by atoms with E-state index in [1.54, 1.807) is 12.1 Å². The van der Waals surface area contributed by atoms with Crippen molar-refractivity contribution in [3.63, 3.8) is 0 Å². The Balaban J connectivity index is 2.05. The molecule has 1 saturated heterocycles. The predicted octanol–water partition coefficient (Wildman–Crippen LogP) is 1.56. The lowest BCUT2D eigenvalue weighted by atomic mass is 10.0. The monoisotopic (exact) mass is 321 g/mol. The van der Waals surface area contributed by atoms with Gasteiger partial charge in [-0.15, -0.1) is 0 Å². The highest BCUT2D eigenvalue weighted by Crippen LogP contribution is 2.23. The molecule has 0 unspecified atom stereocenters. The molecule has 0 aromatic heterocycles. The molecule has 1 aliphatic rings. The van der Waals surface area contributed by atoms with Crippen molar-refractivity contribution in [2.24, 2.45) is 0 Å². The number of halogens is 1. The summed E-state index contributed by atoms with van der Waals surface area (Å²) < 4.78 is 13.1. The largest absolute Gasteiger partial charge is 0.353 e. The summed E-state index contributed by atoms with van der Waals surface area (Å²) in [4.78, 5) is 27.6. The Morgan fingerprint density at radius 2 is 1.78 bits per heavy atom. The average Bonchev–Trinajstić information content (AvgIpc) is 2.49. The van der Waals surface area contributed by atoms with E-state index in [4.69, 9.17) is 0 Å². The Kier molecular flexibility index (Phi) is 5.71. The molecule has 1 aliphatic heterocycles. The van der Waals surface area contributed by atoms with Crippen LogP contribution in [0.4, 0.5) is 4.39 Å². The molecule has 6 heteroatoms. The number of piperidine rings is 1. The summed E-state index contributed by atoms with van der Waals surface area (Å²) in [5.41, 5.74) is 0.783. The van der Waals surface area contributed by atoms with Crippen molar-refractivity contribution in [1.82, 2.24) is 15.1 Å². The number of nitrogens with zero attached hydrogens (tertiary/aromatic N) is 2. The first-order valence-electron chi connectivity index (χ1n) is 7.86. The minimum Gasteiger partial charge on any atom is -0.353 e. The molecule has 0 aliphatic carbocycles. The summed E-state index contributed by atoms with van der Waals surface area (Å²) in [6, 6.07) is 5.78. The molecule has 1 N–H and O–H groups in total. The Labute approximate surface area is 136 Å². The molecular formula is C17H24FN3O2. The molecule has 2 rings (SSSR count). The maximum atomic E-state index is 13.1. The Bertz CT molecular complexity index is 551. The highest BCUT2D eigenvalue weighted by molar-refractivity contribution is 5.83. The summed E-state index contributed by atoms with van der Waals surface area (Å²) in [6.07, 6.45) is 1.52. The molecule has 1 atom stereocenters. The van der Waals surface area contributed by atoms with Gasteiger partial charge in [0.1, 0.15) is 11.9 Å². The van der Waals surface area contributed by atoms with Crippen molar-refractivity contribution in [2.75, 3.05) is 27.2 Å². The molecule has 0 spiro atoms. The molecule has 1 aromatic carbocycles. The molecule has 5 nitrogen and oxygen atoms in total. The first-order chi connectivity index (χ1) is 10.9. The fourth-order valence-electron chi connectivity index (χ4n) is 3.01. The van der Waals surface area contributed by atoms with Gasteiger partial charge in [0.05, 0.1) is 0 Å². The number of likely N-dealkylation sites (tertiary alicyclic amines) is 1. The van der Waals surface area contributed by atoms with Crippen LogP contribution >= 0.6 is 0 Å². The highest BCUT2D eigenvalue weighted by Gasteiger charge is 2.30. The fraction of sp³-hybridized carbons (Fsp3) is 0.529. The van der Waals surface area contributed by atoms with Crippen LogP contribution in [-0.2, 0) is 9.59 Å². The van der Waals surface area contributed by atoms with Gasteiger partial charge in [-0.2, -0.15) is 0 Å². The highest BCUT2D eigenvalue weighted by atomic mass is 19.1. The first-order valence-corrected chi connectivity index (χ1v) is 7.86. The molecule has 0 radical (unpaired) electrons. The Morgan fingerprint density at radius 3 is 2.26 bits per heavy atom. The van der Waals surface area contributed by atoms with Crippen LogP contribution in [0.2, 0.25) is 0 Å². The number of carbonyl (C=O) groups excluding carboxylic acids is 2. The van der Waals surface area contributed by atoms with Crippen LogP contribution in [0, 0.1) is 5.82 Å². The predicted molar refractivity (Wildman–Crippen MR) is 86.2 cm³/mol. The molecule has 0 bridgehead atoms. The van der Waals surface area contributed by atoms with E-state index in [0.29, 0.717) is 13.1 Å². The van der Waals surface area contributed by atoms with Crippen molar-refractivity contribution in [2.45, 2.75) is 31.8 Å². The standard InChI is InChI=1S/C17H24FN3O2/c1-12(22)19-15-8-10-21(11-9-15)17(23)16(20(2)3)13-4-6-14(18)7-5-13/h4-7,15-16H,8-11H2,1-3H3,(H,19,22)/t16-/m1/s1. The van der Waals surface area contributed by atoms with Crippen molar-refractivity contribution in [3.8, 4) is 0 Å². The van der Waals surface area contributed by atoms with Gasteiger partial charge in [0.15, 0.2) is 0 Å². The van der Waals surface area contributed by atoms with Gasteiger partial charge < -0.3 is 10.2 Å². The number of nitrogens with one attached hydrogen (secondary N) is 1. The molecule has 126 valence electrons. The van der Waals surface area contributed by atoms with Gasteiger partial charge in [0.25, 0.3) is 0 Å². The van der Waals surface area contributed by atoms with E-state index >= 15 is 0 Å². The minimum atomic E-state index is -0.423. The van der Waals surface area contributed by atoms with Gasteiger partial charge >= 0.3 is 0 Å². The summed E-state index contributed by atoms with van der Waals surface area (Å²) >= 11 is 0. The van der Waals surface area contributed by atoms with Gasteiger partial charge in [-0.1, -0.05) is 12.1 Å². The lowest BCUT2D eigenvalue weighted by Crippen LogP contribution is -2.49. The van der Waals surface area contributed by atoms with Crippen LogP contribution in [-0.4, -0.2) is 54.8 Å². The summed E-state index contributed by atoms with van der Waals surface area (Å²) in [6.45, 7) is 2.75. The van der Waals surface area contributed by atoms with Crippen LogP contribution in [0.25, 0.3) is 0 Å². The normalized spacial score (nSPS) is 17.2. The number of rotatable bonds is 4. The average molecular weight is 321 g/mol. The van der Waals surface area contributed by atoms with E-state index in [9.17, 15) is 14.0 Å². The third-order valence-corrected chi connectivity index (χ3v) is 4.15. The van der Waals surface area contributed by atoms with E-state index < -0.39 is 6.04 Å². The van der Waals surface area contributed by atoms with E-state index in [1.807, 2.05) is 23.9 Å². The molecule has 1 aromatic rings. The molecule has 23 heavy (non-hydrogen) atoms. The van der Waals surface area contributed by atoms with E-state index in [-0.39, 0.29) is 23.7 Å². The molecule has 1 fully saturated rings. The van der Waals surface area contributed by atoms with Gasteiger partial charge in [-0.3, -0.25) is 14.5 Å². The smallest absolute Gasteiger partial charge is 0.244 e. The van der Waals surface area contributed by atoms with Crippen LogP contribution in [0.5, 0.6) is 0 Å². The second-order valence-corrected chi connectivity index (χ2v) is 6.22. The number of amides is 2. The van der Waals surface area contributed by atoms with Gasteiger partial charge in [0.2, 0.25) is 11.8 Å². The first kappa shape index (κ1) is 17.4. The van der Waals surface area contributed by atoms with Gasteiger partial charge in [-0.05, 0) is 44.6 Å². The lowest BCUT2D eigenvalue weighted by Gasteiger charge is -2.36. The quantitative estimate of drug-likeness (QED) is 0.915. The molecular weight excluding hydrogens is 297 g/mol. The van der Waals surface area contributed by atoms with E-state index in [2.05, 4.69) is 5.32 Å². The van der Waals surface area contributed by atoms with E-state index in [1.165, 1.54) is 19.1 Å². The van der Waals surface area contributed by atoms with Gasteiger partial charge in [0, 0.05) is 26.1 Å². The SMILES string of the molecule is CC(=O)NC1CCN(C(=O)[C@@H](c2ccc(F)cc2)N(C)C)CC1. The van der Waals surface area contributed by atoms with Crippen molar-refractivity contribution in [3.05, 3.63) is 35.6 Å². The van der Waals surface area contributed by atoms with Crippen molar-refractivity contribution >= 4 is 11.8 Å². The molecule has 2 amide bonds. The maximum absolute atomic E-state index is 13.1. The molecule has 1 heterocycles. The number of benzene rings is 1. The second kappa shape index (κ2) is 7.55. The Morgan fingerprint density at radius 1 is 1.22 bits per heavy atom. The number of hydrogen-bond donors (Lipinski definition) is 1. The van der Waals surface area contributed by atoms with Crippen molar-refractivity contribution < 1.29 is 14.0 Å². The zero-order valence-electron chi connectivity index (χ0n) is 13.9. The molecule has 0 saturated carbocycles. The van der Waals surface area contributed by atoms with Crippen LogP contribution in [0.15, 0.2) is 24.3 Å². The third-order valence-electron chi connectivity index (χ3n) is 4.15. The van der Waals surface area contributed by atoms with Crippen LogP contribution < -0.4 is 5.32 Å². The second-order valence-electron chi connectivity index (χ2n) is 6.22.